The molecule has 3 fully saturated rings. The molecule has 160 valence electrons. The smallest absolute Gasteiger partial charge is 0.238 e. The largest absolute Gasteiger partial charge is 0.324 e. The molecule has 2 N–H and O–H groups in total. The topological polar surface area (TPSA) is 113 Å². The van der Waals surface area contributed by atoms with E-state index < -0.39 is 19.7 Å². The molecule has 1 aromatic rings. The van der Waals surface area contributed by atoms with Crippen LogP contribution in [0, 0.1) is 6.92 Å². The second-order valence-electron chi connectivity index (χ2n) is 8.35. The van der Waals surface area contributed by atoms with E-state index in [0.29, 0.717) is 0 Å². The van der Waals surface area contributed by atoms with Crippen molar-refractivity contribution in [2.24, 2.45) is 0 Å². The summed E-state index contributed by atoms with van der Waals surface area (Å²) in [5.41, 5.74) is 2.77. The first-order valence-corrected chi connectivity index (χ1v) is 13.5. The van der Waals surface area contributed by atoms with E-state index in [1.165, 1.54) is 0 Å². The molecule has 0 saturated carbocycles. The van der Waals surface area contributed by atoms with Gasteiger partial charge in [-0.2, -0.15) is 0 Å². The Bertz CT molecular complexity index is 990. The van der Waals surface area contributed by atoms with Crippen LogP contribution >= 0.6 is 0 Å². The summed E-state index contributed by atoms with van der Waals surface area (Å²) in [5, 5.41) is 6.22. The van der Waals surface area contributed by atoms with Crippen LogP contribution in [0.5, 0.6) is 0 Å². The molecule has 0 aromatic heterocycles. The second kappa shape index (κ2) is 7.33. The zero-order valence-electron chi connectivity index (χ0n) is 16.6. The first-order chi connectivity index (χ1) is 13.6. The average molecular weight is 442 g/mol. The summed E-state index contributed by atoms with van der Waals surface area (Å²) in [6, 6.07) is 4.39. The molecule has 3 aliphatic heterocycles. The van der Waals surface area contributed by atoms with Gasteiger partial charge < -0.3 is 10.6 Å². The SMILES string of the molecule is CCc1cccc(C)c1NC(=O)CN1C2CS(=O)(=O)CC2NC2CS(=O)(=O)CC21. The lowest BCUT2D eigenvalue weighted by atomic mass is 9.97. The highest BCUT2D eigenvalue weighted by Gasteiger charge is 2.54. The Balaban J connectivity index is 1.59. The van der Waals surface area contributed by atoms with Crippen LogP contribution in [0.15, 0.2) is 18.2 Å². The fourth-order valence-corrected chi connectivity index (χ4v) is 8.82. The molecule has 3 saturated heterocycles. The first kappa shape index (κ1) is 20.8. The highest BCUT2D eigenvalue weighted by atomic mass is 32.2. The minimum absolute atomic E-state index is 0.0170. The number of carbonyl (C=O) groups is 1. The normalized spacial score (nSPS) is 32.5. The number of rotatable bonds is 4. The van der Waals surface area contributed by atoms with Crippen molar-refractivity contribution in [3.63, 3.8) is 0 Å². The number of nitrogens with zero attached hydrogens (tertiary/aromatic N) is 1. The van der Waals surface area contributed by atoms with E-state index in [-0.39, 0.29) is 59.6 Å². The van der Waals surface area contributed by atoms with Crippen molar-refractivity contribution in [2.45, 2.75) is 44.4 Å². The van der Waals surface area contributed by atoms with E-state index in [1.807, 2.05) is 36.9 Å². The van der Waals surface area contributed by atoms with Crippen LogP contribution in [-0.2, 0) is 30.9 Å². The molecule has 1 aromatic carbocycles. The molecule has 0 radical (unpaired) electrons. The highest BCUT2D eigenvalue weighted by Crippen LogP contribution is 2.31. The fraction of sp³-hybridized carbons (Fsp3) is 0.632. The number of fused-ring (bicyclic) bond motifs is 2. The predicted molar refractivity (Wildman–Crippen MR) is 111 cm³/mol. The Morgan fingerprint density at radius 3 is 2.21 bits per heavy atom. The Hall–Kier alpha value is -1.49. The Morgan fingerprint density at radius 2 is 1.66 bits per heavy atom. The third-order valence-electron chi connectivity index (χ3n) is 6.26. The van der Waals surface area contributed by atoms with Gasteiger partial charge in [0, 0.05) is 29.9 Å². The van der Waals surface area contributed by atoms with Crippen molar-refractivity contribution in [3.05, 3.63) is 29.3 Å². The lowest BCUT2D eigenvalue weighted by Gasteiger charge is -2.44. The van der Waals surface area contributed by atoms with Crippen molar-refractivity contribution in [2.75, 3.05) is 34.9 Å². The summed E-state index contributed by atoms with van der Waals surface area (Å²) in [6.07, 6.45) is 0.775. The fourth-order valence-electron chi connectivity index (χ4n) is 4.93. The van der Waals surface area contributed by atoms with E-state index in [4.69, 9.17) is 0 Å². The summed E-state index contributed by atoms with van der Waals surface area (Å²) in [6.45, 7) is 3.92. The van der Waals surface area contributed by atoms with E-state index >= 15 is 0 Å². The third-order valence-corrected chi connectivity index (χ3v) is 9.69. The van der Waals surface area contributed by atoms with Crippen molar-refractivity contribution in [1.29, 1.82) is 0 Å². The number of anilines is 1. The molecule has 8 nitrogen and oxygen atoms in total. The molecular formula is C19H27N3O5S2. The van der Waals surface area contributed by atoms with Gasteiger partial charge in [-0.05, 0) is 24.5 Å². The van der Waals surface area contributed by atoms with Crippen LogP contribution in [0.25, 0.3) is 0 Å². The van der Waals surface area contributed by atoms with E-state index in [0.717, 1.165) is 23.2 Å². The number of hydrogen-bond donors (Lipinski definition) is 2. The molecule has 1 amide bonds. The Kier molecular flexibility index (Phi) is 5.25. The monoisotopic (exact) mass is 441 g/mol. The molecule has 0 bridgehead atoms. The molecule has 4 rings (SSSR count). The number of aryl methyl sites for hydroxylation is 2. The number of amides is 1. The first-order valence-electron chi connectivity index (χ1n) is 9.89. The third kappa shape index (κ3) is 4.08. The maximum Gasteiger partial charge on any atom is 0.238 e. The van der Waals surface area contributed by atoms with Crippen LogP contribution < -0.4 is 10.6 Å². The Morgan fingerprint density at radius 1 is 1.07 bits per heavy atom. The minimum Gasteiger partial charge on any atom is -0.324 e. The zero-order valence-corrected chi connectivity index (χ0v) is 18.2. The van der Waals surface area contributed by atoms with E-state index in [1.54, 1.807) is 0 Å². The van der Waals surface area contributed by atoms with Crippen LogP contribution in [0.4, 0.5) is 5.69 Å². The van der Waals surface area contributed by atoms with Crippen LogP contribution in [0.2, 0.25) is 0 Å². The van der Waals surface area contributed by atoms with Crippen molar-refractivity contribution < 1.29 is 21.6 Å². The zero-order chi connectivity index (χ0) is 21.0. The molecule has 29 heavy (non-hydrogen) atoms. The lowest BCUT2D eigenvalue weighted by Crippen LogP contribution is -2.67. The van der Waals surface area contributed by atoms with Gasteiger partial charge in [-0.15, -0.1) is 0 Å². The average Bonchev–Trinajstić information content (AvgIpc) is 3.09. The number of para-hydroxylation sites is 1. The summed E-state index contributed by atoms with van der Waals surface area (Å²) >= 11 is 0. The summed E-state index contributed by atoms with van der Waals surface area (Å²) < 4.78 is 48.8. The van der Waals surface area contributed by atoms with Crippen molar-refractivity contribution in [1.82, 2.24) is 10.2 Å². The van der Waals surface area contributed by atoms with Gasteiger partial charge in [-0.1, -0.05) is 25.1 Å². The van der Waals surface area contributed by atoms with E-state index in [2.05, 4.69) is 10.6 Å². The molecule has 3 heterocycles. The van der Waals surface area contributed by atoms with Gasteiger partial charge in [0.1, 0.15) is 0 Å². The summed E-state index contributed by atoms with van der Waals surface area (Å²) in [5.74, 6) is -0.382. The van der Waals surface area contributed by atoms with Gasteiger partial charge in [0.15, 0.2) is 19.7 Å². The van der Waals surface area contributed by atoms with Crippen LogP contribution in [-0.4, -0.2) is 81.4 Å². The maximum atomic E-state index is 12.9. The van der Waals surface area contributed by atoms with Gasteiger partial charge in [0.05, 0.1) is 29.6 Å². The lowest BCUT2D eigenvalue weighted by molar-refractivity contribution is -0.119. The number of benzene rings is 1. The quantitative estimate of drug-likeness (QED) is 0.661. The summed E-state index contributed by atoms with van der Waals surface area (Å²) in [7, 11) is -6.44. The van der Waals surface area contributed by atoms with Gasteiger partial charge in [-0.3, -0.25) is 9.69 Å². The molecule has 0 spiro atoms. The number of nitrogens with one attached hydrogen (secondary N) is 2. The molecule has 4 atom stereocenters. The minimum atomic E-state index is -3.22. The second-order valence-corrected chi connectivity index (χ2v) is 12.7. The summed E-state index contributed by atoms with van der Waals surface area (Å²) in [4.78, 5) is 14.7. The standard InChI is InChI=1S/C19H27N3O5S2/c1-3-13-6-4-5-12(2)19(13)21-18(23)7-22-16-10-28(24,25)8-14(16)20-15-9-29(26,27)11-17(15)22/h4-6,14-17,20H,3,7-11H2,1-2H3,(H,21,23). The van der Waals surface area contributed by atoms with Gasteiger partial charge in [-0.25, -0.2) is 16.8 Å². The number of hydrogen-bond acceptors (Lipinski definition) is 7. The number of carbonyl (C=O) groups excluding carboxylic acids is 1. The predicted octanol–water partition coefficient (Wildman–Crippen LogP) is -0.268. The number of sulfone groups is 2. The molecule has 0 aliphatic carbocycles. The van der Waals surface area contributed by atoms with E-state index in [9.17, 15) is 21.6 Å². The van der Waals surface area contributed by atoms with Crippen LogP contribution in [0.1, 0.15) is 18.1 Å². The Labute approximate surface area is 171 Å². The molecule has 10 heteroatoms. The van der Waals surface area contributed by atoms with Gasteiger partial charge >= 0.3 is 0 Å². The van der Waals surface area contributed by atoms with Crippen LogP contribution in [0.3, 0.4) is 0 Å². The van der Waals surface area contributed by atoms with Crippen molar-refractivity contribution >= 4 is 31.3 Å². The van der Waals surface area contributed by atoms with Gasteiger partial charge in [0.2, 0.25) is 5.91 Å². The number of piperazine rings is 1. The van der Waals surface area contributed by atoms with Gasteiger partial charge in [0.25, 0.3) is 0 Å². The molecular weight excluding hydrogens is 414 g/mol. The maximum absolute atomic E-state index is 12.9. The molecule has 4 unspecified atom stereocenters. The van der Waals surface area contributed by atoms with Crippen molar-refractivity contribution in [3.8, 4) is 0 Å². The molecule has 3 aliphatic rings. The highest BCUT2D eigenvalue weighted by molar-refractivity contribution is 7.92.